The Hall–Kier alpha value is -2.03. The van der Waals surface area contributed by atoms with E-state index in [1.54, 1.807) is 24.3 Å². The van der Waals surface area contributed by atoms with Gasteiger partial charge in [-0.1, -0.05) is 27.5 Å². The lowest BCUT2D eigenvalue weighted by Crippen LogP contribution is -1.99. The van der Waals surface area contributed by atoms with E-state index in [0.717, 1.165) is 4.47 Å². The van der Waals surface area contributed by atoms with Crippen molar-refractivity contribution < 1.29 is 9.90 Å². The van der Waals surface area contributed by atoms with Gasteiger partial charge in [0.15, 0.2) is 0 Å². The largest absolute Gasteiger partial charge is 0.478 e. The summed E-state index contributed by atoms with van der Waals surface area (Å²) in [4.78, 5) is 10.9. The van der Waals surface area contributed by atoms with E-state index in [2.05, 4.69) is 27.3 Å². The van der Waals surface area contributed by atoms with Gasteiger partial charge in [-0.25, -0.2) is 4.79 Å². The number of rotatable bonds is 3. The molecule has 0 saturated carbocycles. The molecule has 4 nitrogen and oxygen atoms in total. The first-order chi connectivity index (χ1) is 9.51. The van der Waals surface area contributed by atoms with Crippen molar-refractivity contribution in [2.24, 2.45) is 0 Å². The number of anilines is 2. The predicted molar refractivity (Wildman–Crippen MR) is 80.6 cm³/mol. The molecule has 20 heavy (non-hydrogen) atoms. The van der Waals surface area contributed by atoms with Gasteiger partial charge in [0.25, 0.3) is 0 Å². The maximum Gasteiger partial charge on any atom is 0.337 e. The Bertz CT molecular complexity index is 726. The molecule has 0 aromatic heterocycles. The maximum atomic E-state index is 10.9. The summed E-state index contributed by atoms with van der Waals surface area (Å²) in [6.07, 6.45) is 0. The van der Waals surface area contributed by atoms with E-state index in [1.807, 2.05) is 0 Å². The molecule has 2 N–H and O–H groups in total. The van der Waals surface area contributed by atoms with Gasteiger partial charge in [0.2, 0.25) is 0 Å². The molecule has 6 heteroatoms. The van der Waals surface area contributed by atoms with Crippen LogP contribution in [-0.4, -0.2) is 11.1 Å². The molecular formula is C14H8BrClN2O2. The van der Waals surface area contributed by atoms with Crippen molar-refractivity contribution in [1.82, 2.24) is 0 Å². The van der Waals surface area contributed by atoms with Crippen LogP contribution in [0.4, 0.5) is 11.4 Å². The molecule has 0 heterocycles. The topological polar surface area (TPSA) is 73.1 Å². The summed E-state index contributed by atoms with van der Waals surface area (Å²) in [6.45, 7) is 0. The van der Waals surface area contributed by atoms with Crippen molar-refractivity contribution in [3.05, 3.63) is 57.0 Å². The number of carboxylic acid groups (broad SMARTS) is 1. The second kappa shape index (κ2) is 5.95. The molecule has 0 aliphatic carbocycles. The number of carbonyl (C=O) groups is 1. The first kappa shape index (κ1) is 14.4. The van der Waals surface area contributed by atoms with E-state index in [9.17, 15) is 4.79 Å². The lowest BCUT2D eigenvalue weighted by atomic mass is 10.1. The van der Waals surface area contributed by atoms with Crippen LogP contribution in [0.5, 0.6) is 0 Å². The van der Waals surface area contributed by atoms with Crippen molar-refractivity contribution in [2.45, 2.75) is 0 Å². The van der Waals surface area contributed by atoms with E-state index >= 15 is 0 Å². The first-order valence-corrected chi connectivity index (χ1v) is 6.68. The lowest BCUT2D eigenvalue weighted by molar-refractivity contribution is 0.0697. The molecule has 100 valence electrons. The minimum absolute atomic E-state index is 0.0357. The van der Waals surface area contributed by atoms with Gasteiger partial charge in [-0.15, -0.1) is 0 Å². The van der Waals surface area contributed by atoms with Gasteiger partial charge >= 0.3 is 5.97 Å². The lowest BCUT2D eigenvalue weighted by Gasteiger charge is -2.09. The van der Waals surface area contributed by atoms with Gasteiger partial charge in [0.1, 0.15) is 6.07 Å². The average molecular weight is 352 g/mol. The summed E-state index contributed by atoms with van der Waals surface area (Å²) >= 11 is 9.19. The van der Waals surface area contributed by atoms with Crippen LogP contribution in [-0.2, 0) is 0 Å². The van der Waals surface area contributed by atoms with Crippen molar-refractivity contribution in [1.29, 1.82) is 5.26 Å². The highest BCUT2D eigenvalue weighted by Crippen LogP contribution is 2.27. The Balaban J connectivity index is 2.34. The van der Waals surface area contributed by atoms with Crippen molar-refractivity contribution >= 4 is 44.9 Å². The Morgan fingerprint density at radius 2 is 2.05 bits per heavy atom. The first-order valence-electron chi connectivity index (χ1n) is 5.51. The summed E-state index contributed by atoms with van der Waals surface area (Å²) in [6, 6.07) is 11.8. The molecule has 0 atom stereocenters. The molecule has 2 aromatic rings. The van der Waals surface area contributed by atoms with Crippen LogP contribution >= 0.6 is 27.5 Å². The number of nitriles is 1. The van der Waals surface area contributed by atoms with Crippen LogP contribution in [0.2, 0.25) is 5.02 Å². The minimum atomic E-state index is -1.08. The Kier molecular flexibility index (Phi) is 4.28. The Morgan fingerprint density at radius 3 is 2.65 bits per heavy atom. The van der Waals surface area contributed by atoms with Crippen molar-refractivity contribution in [2.75, 3.05) is 5.32 Å². The molecular weight excluding hydrogens is 344 g/mol. The number of hydrogen-bond acceptors (Lipinski definition) is 3. The Labute approximate surface area is 128 Å². The molecule has 2 aromatic carbocycles. The van der Waals surface area contributed by atoms with E-state index in [4.69, 9.17) is 22.0 Å². The Morgan fingerprint density at radius 1 is 1.30 bits per heavy atom. The number of halogens is 2. The number of hydrogen-bond donors (Lipinski definition) is 2. The third-order valence-corrected chi connectivity index (χ3v) is 3.39. The zero-order valence-corrected chi connectivity index (χ0v) is 12.4. The fraction of sp³-hybridized carbons (Fsp3) is 0. The second-order valence-corrected chi connectivity index (χ2v) is 5.25. The third-order valence-electron chi connectivity index (χ3n) is 2.58. The van der Waals surface area contributed by atoms with Gasteiger partial charge in [-0.2, -0.15) is 5.26 Å². The summed E-state index contributed by atoms with van der Waals surface area (Å²) in [5, 5.41) is 21.2. The summed E-state index contributed by atoms with van der Waals surface area (Å²) < 4.78 is 0.804. The van der Waals surface area contributed by atoms with Crippen molar-refractivity contribution in [3.8, 4) is 6.07 Å². The molecule has 0 saturated heterocycles. The minimum Gasteiger partial charge on any atom is -0.478 e. The highest BCUT2D eigenvalue weighted by atomic mass is 79.9. The number of nitrogens with one attached hydrogen (secondary N) is 1. The molecule has 0 radical (unpaired) electrons. The van der Waals surface area contributed by atoms with E-state index in [-0.39, 0.29) is 10.6 Å². The highest BCUT2D eigenvalue weighted by Gasteiger charge is 2.10. The zero-order valence-electron chi connectivity index (χ0n) is 10.0. The monoisotopic (exact) mass is 350 g/mol. The van der Waals surface area contributed by atoms with E-state index in [0.29, 0.717) is 16.9 Å². The molecule has 0 aliphatic rings. The molecule has 0 unspecified atom stereocenters. The molecule has 0 bridgehead atoms. The van der Waals surface area contributed by atoms with Gasteiger partial charge < -0.3 is 10.4 Å². The third kappa shape index (κ3) is 3.10. The predicted octanol–water partition coefficient (Wildman–Crippen LogP) is 4.42. The maximum absolute atomic E-state index is 10.9. The fourth-order valence-corrected chi connectivity index (χ4v) is 2.26. The summed E-state index contributed by atoms with van der Waals surface area (Å²) in [7, 11) is 0. The van der Waals surface area contributed by atoms with Gasteiger partial charge in [-0.05, 0) is 36.4 Å². The van der Waals surface area contributed by atoms with Crippen LogP contribution in [0, 0.1) is 11.3 Å². The standard InChI is InChI=1S/C14H8BrClN2O2/c15-9-1-4-13(8(5-9)7-17)18-10-2-3-11(14(19)20)12(16)6-10/h1-6,18H,(H,19,20). The number of carboxylic acids is 1. The van der Waals surface area contributed by atoms with Gasteiger partial charge in [0, 0.05) is 10.2 Å². The smallest absolute Gasteiger partial charge is 0.337 e. The van der Waals surface area contributed by atoms with Gasteiger partial charge in [0.05, 0.1) is 21.8 Å². The SMILES string of the molecule is N#Cc1cc(Br)ccc1Nc1ccc(C(=O)O)c(Cl)c1. The second-order valence-electron chi connectivity index (χ2n) is 3.93. The van der Waals surface area contributed by atoms with Gasteiger partial charge in [-0.3, -0.25) is 0 Å². The molecule has 0 spiro atoms. The number of nitrogens with zero attached hydrogens (tertiary/aromatic N) is 1. The van der Waals surface area contributed by atoms with Crippen LogP contribution in [0.15, 0.2) is 40.9 Å². The molecule has 0 fully saturated rings. The zero-order chi connectivity index (χ0) is 14.7. The van der Waals surface area contributed by atoms with Crippen molar-refractivity contribution in [3.63, 3.8) is 0 Å². The molecule has 0 aliphatic heterocycles. The number of aromatic carboxylic acids is 1. The van der Waals surface area contributed by atoms with Crippen LogP contribution in [0.25, 0.3) is 0 Å². The quantitative estimate of drug-likeness (QED) is 0.858. The van der Waals surface area contributed by atoms with Crippen LogP contribution in [0.3, 0.4) is 0 Å². The molecule has 0 amide bonds. The number of benzene rings is 2. The normalized spacial score (nSPS) is 9.85. The van der Waals surface area contributed by atoms with E-state index in [1.165, 1.54) is 12.1 Å². The summed E-state index contributed by atoms with van der Waals surface area (Å²) in [5.74, 6) is -1.08. The highest BCUT2D eigenvalue weighted by molar-refractivity contribution is 9.10. The summed E-state index contributed by atoms with van der Waals surface area (Å²) in [5.41, 5.74) is 1.74. The van der Waals surface area contributed by atoms with Crippen LogP contribution < -0.4 is 5.32 Å². The fourth-order valence-electron chi connectivity index (χ4n) is 1.64. The average Bonchev–Trinajstić information content (AvgIpc) is 2.40. The van der Waals surface area contributed by atoms with Crippen LogP contribution in [0.1, 0.15) is 15.9 Å². The van der Waals surface area contributed by atoms with E-state index < -0.39 is 5.97 Å². The molecule has 2 rings (SSSR count).